The van der Waals surface area contributed by atoms with Crippen molar-refractivity contribution in [2.24, 2.45) is 16.8 Å². The smallest absolute Gasteiger partial charge is 0.207 e. The van der Waals surface area contributed by atoms with Gasteiger partial charge in [0.1, 0.15) is 0 Å². The summed E-state index contributed by atoms with van der Waals surface area (Å²) in [5, 5.41) is 9.52. The van der Waals surface area contributed by atoms with Crippen molar-refractivity contribution in [2.45, 2.75) is 33.6 Å². The highest BCUT2D eigenvalue weighted by Gasteiger charge is 2.12. The molecule has 5 heteroatoms. The first kappa shape index (κ1) is 12.9. The molecule has 0 heterocycles. The van der Waals surface area contributed by atoms with E-state index in [9.17, 15) is 0 Å². The van der Waals surface area contributed by atoms with Crippen LogP contribution in [0.2, 0.25) is 0 Å². The summed E-state index contributed by atoms with van der Waals surface area (Å²) in [5.74, 6) is 6.09. The van der Waals surface area contributed by atoms with Gasteiger partial charge in [-0.25, -0.2) is 5.84 Å². The van der Waals surface area contributed by atoms with Crippen LogP contribution < -0.4 is 5.84 Å². The Morgan fingerprint density at radius 3 is 2.71 bits per heavy atom. The first-order valence-electron chi connectivity index (χ1n) is 4.77. The lowest BCUT2D eigenvalue weighted by atomic mass is 10.2. The van der Waals surface area contributed by atoms with Crippen LogP contribution in [0.3, 0.4) is 0 Å². The SMILES string of the molecule is CCCCON(N)C(=NC#N)C(C)C. The van der Waals surface area contributed by atoms with Crippen LogP contribution in [0.5, 0.6) is 0 Å². The fourth-order valence-corrected chi connectivity index (χ4v) is 0.857. The number of hydroxylamine groups is 1. The molecule has 0 aliphatic rings. The minimum Gasteiger partial charge on any atom is -0.257 e. The molecule has 0 spiro atoms. The topological polar surface area (TPSA) is 74.6 Å². The number of nitrogens with two attached hydrogens (primary N) is 1. The Hall–Kier alpha value is -1.12. The number of hydrogen-bond acceptors (Lipinski definition) is 4. The number of amidine groups is 1. The molecule has 0 saturated carbocycles. The second kappa shape index (κ2) is 7.30. The number of hydrogen-bond donors (Lipinski definition) is 1. The van der Waals surface area contributed by atoms with Crippen molar-refractivity contribution in [3.05, 3.63) is 0 Å². The Kier molecular flexibility index (Phi) is 6.72. The minimum absolute atomic E-state index is 0.0706. The first-order valence-corrected chi connectivity index (χ1v) is 4.77. The zero-order chi connectivity index (χ0) is 11.0. The second-order valence-corrected chi connectivity index (χ2v) is 3.24. The normalized spacial score (nSPS) is 11.6. The van der Waals surface area contributed by atoms with Gasteiger partial charge in [0, 0.05) is 5.92 Å². The van der Waals surface area contributed by atoms with E-state index in [-0.39, 0.29) is 5.92 Å². The molecule has 2 N–H and O–H groups in total. The average molecular weight is 198 g/mol. The van der Waals surface area contributed by atoms with E-state index in [2.05, 4.69) is 11.9 Å². The Balaban J connectivity index is 4.11. The third-order valence-corrected chi connectivity index (χ3v) is 1.64. The van der Waals surface area contributed by atoms with Gasteiger partial charge in [0.2, 0.25) is 6.19 Å². The van der Waals surface area contributed by atoms with Gasteiger partial charge in [-0.15, -0.1) is 0 Å². The van der Waals surface area contributed by atoms with Crippen LogP contribution >= 0.6 is 0 Å². The standard InChI is InChI=1S/C9H18N4O/c1-4-5-6-14-13(11)9(8(2)3)12-7-10/h8H,4-6,11H2,1-3H3. The third kappa shape index (κ3) is 4.80. The molecule has 0 radical (unpaired) electrons. The maximum Gasteiger partial charge on any atom is 0.207 e. The number of nitriles is 1. The molecule has 0 fully saturated rings. The quantitative estimate of drug-likeness (QED) is 0.181. The summed E-state index contributed by atoms with van der Waals surface area (Å²) in [6.07, 6.45) is 3.68. The van der Waals surface area contributed by atoms with Gasteiger partial charge in [-0.05, 0) is 6.42 Å². The summed E-state index contributed by atoms with van der Waals surface area (Å²) in [4.78, 5) is 8.79. The number of rotatable bonds is 5. The summed E-state index contributed by atoms with van der Waals surface area (Å²) >= 11 is 0. The molecule has 0 bridgehead atoms. The van der Waals surface area contributed by atoms with Crippen LogP contribution in [0.1, 0.15) is 33.6 Å². The molecule has 0 aromatic carbocycles. The van der Waals surface area contributed by atoms with Crippen LogP contribution in [-0.2, 0) is 4.84 Å². The molecule has 0 amide bonds. The highest BCUT2D eigenvalue weighted by molar-refractivity contribution is 5.83. The van der Waals surface area contributed by atoms with E-state index in [0.717, 1.165) is 18.0 Å². The molecule has 0 aromatic heterocycles. The van der Waals surface area contributed by atoms with Gasteiger partial charge in [0.25, 0.3) is 0 Å². The molecule has 0 rings (SSSR count). The van der Waals surface area contributed by atoms with Crippen LogP contribution in [0.25, 0.3) is 0 Å². The van der Waals surface area contributed by atoms with Gasteiger partial charge < -0.3 is 0 Å². The van der Waals surface area contributed by atoms with E-state index in [1.54, 1.807) is 6.19 Å². The first-order chi connectivity index (χ1) is 6.63. The molecule has 0 aromatic rings. The Bertz CT molecular complexity index is 219. The van der Waals surface area contributed by atoms with Crippen molar-refractivity contribution in [1.82, 2.24) is 5.17 Å². The number of unbranched alkanes of at least 4 members (excludes halogenated alkanes) is 1. The monoisotopic (exact) mass is 198 g/mol. The summed E-state index contributed by atoms with van der Waals surface area (Å²) < 4.78 is 0. The van der Waals surface area contributed by atoms with Crippen molar-refractivity contribution in [3.63, 3.8) is 0 Å². The van der Waals surface area contributed by atoms with Crippen LogP contribution in [-0.4, -0.2) is 17.6 Å². The van der Waals surface area contributed by atoms with Crippen molar-refractivity contribution >= 4 is 5.84 Å². The predicted octanol–water partition coefficient (Wildman–Crippen LogP) is 1.43. The lowest BCUT2D eigenvalue weighted by Crippen LogP contribution is -2.40. The number of aliphatic imine (C=N–C) groups is 1. The zero-order valence-electron chi connectivity index (χ0n) is 9.03. The van der Waals surface area contributed by atoms with E-state index < -0.39 is 0 Å². The lowest BCUT2D eigenvalue weighted by molar-refractivity contribution is -0.105. The molecule has 0 saturated heterocycles. The number of hydrazine groups is 1. The lowest BCUT2D eigenvalue weighted by Gasteiger charge is -2.20. The molecule has 14 heavy (non-hydrogen) atoms. The highest BCUT2D eigenvalue weighted by atomic mass is 16.7. The summed E-state index contributed by atoms with van der Waals surface area (Å²) in [6, 6.07) is 0. The molecule has 0 aliphatic heterocycles. The molecular weight excluding hydrogens is 180 g/mol. The Labute approximate surface area is 85.1 Å². The van der Waals surface area contributed by atoms with Gasteiger partial charge in [0.15, 0.2) is 5.84 Å². The van der Waals surface area contributed by atoms with Gasteiger partial charge in [0.05, 0.1) is 6.61 Å². The van der Waals surface area contributed by atoms with E-state index in [0.29, 0.717) is 12.4 Å². The third-order valence-electron chi connectivity index (χ3n) is 1.64. The fourth-order valence-electron chi connectivity index (χ4n) is 0.857. The van der Waals surface area contributed by atoms with Crippen LogP contribution in [0.4, 0.5) is 0 Å². The predicted molar refractivity (Wildman–Crippen MR) is 54.8 cm³/mol. The molecule has 80 valence electrons. The largest absolute Gasteiger partial charge is 0.257 e. The van der Waals surface area contributed by atoms with Crippen molar-refractivity contribution in [1.29, 1.82) is 5.26 Å². The maximum atomic E-state index is 8.43. The Morgan fingerprint density at radius 2 is 2.29 bits per heavy atom. The zero-order valence-corrected chi connectivity index (χ0v) is 9.03. The van der Waals surface area contributed by atoms with Crippen molar-refractivity contribution in [3.8, 4) is 6.19 Å². The second-order valence-electron chi connectivity index (χ2n) is 3.24. The molecule has 0 unspecified atom stereocenters. The molecule has 0 atom stereocenters. The van der Waals surface area contributed by atoms with Gasteiger partial charge >= 0.3 is 0 Å². The van der Waals surface area contributed by atoms with E-state index in [1.807, 2.05) is 13.8 Å². The van der Waals surface area contributed by atoms with Gasteiger partial charge in [-0.3, -0.25) is 4.84 Å². The van der Waals surface area contributed by atoms with Gasteiger partial charge in [-0.2, -0.15) is 15.4 Å². The highest BCUT2D eigenvalue weighted by Crippen LogP contribution is 2.01. The maximum absolute atomic E-state index is 8.43. The molecule has 0 aliphatic carbocycles. The average Bonchev–Trinajstić information content (AvgIpc) is 2.13. The van der Waals surface area contributed by atoms with E-state index in [4.69, 9.17) is 15.9 Å². The minimum atomic E-state index is 0.0706. The van der Waals surface area contributed by atoms with Crippen LogP contribution in [0, 0.1) is 17.4 Å². The molecule has 5 nitrogen and oxygen atoms in total. The Morgan fingerprint density at radius 1 is 1.64 bits per heavy atom. The summed E-state index contributed by atoms with van der Waals surface area (Å²) in [6.45, 7) is 6.42. The summed E-state index contributed by atoms with van der Waals surface area (Å²) in [5.41, 5.74) is 0. The van der Waals surface area contributed by atoms with E-state index >= 15 is 0 Å². The van der Waals surface area contributed by atoms with Gasteiger partial charge in [-0.1, -0.05) is 27.2 Å². The van der Waals surface area contributed by atoms with Crippen LogP contribution in [0.15, 0.2) is 4.99 Å². The summed E-state index contributed by atoms with van der Waals surface area (Å²) in [7, 11) is 0. The van der Waals surface area contributed by atoms with Crippen molar-refractivity contribution in [2.75, 3.05) is 6.61 Å². The number of nitrogens with zero attached hydrogens (tertiary/aromatic N) is 3. The fraction of sp³-hybridized carbons (Fsp3) is 0.778. The molecular formula is C9H18N4O. The van der Waals surface area contributed by atoms with E-state index in [1.165, 1.54) is 0 Å². The van der Waals surface area contributed by atoms with Crippen molar-refractivity contribution < 1.29 is 4.84 Å².